The van der Waals surface area contributed by atoms with E-state index in [1.807, 2.05) is 0 Å². The number of aliphatic hydroxyl groups excluding tert-OH is 1. The van der Waals surface area contributed by atoms with Gasteiger partial charge < -0.3 is 24.1 Å². The Morgan fingerprint density at radius 1 is 1.33 bits per heavy atom. The van der Waals surface area contributed by atoms with Crippen LogP contribution in [0.15, 0.2) is 12.2 Å². The molecule has 0 bridgehead atoms. The van der Waals surface area contributed by atoms with Crippen molar-refractivity contribution < 1.29 is 28.8 Å². The predicted octanol–water partition coefficient (Wildman–Crippen LogP) is -0.327. The third-order valence-electron chi connectivity index (χ3n) is 1.26. The predicted molar refractivity (Wildman–Crippen MR) is 51.0 cm³/mol. The third-order valence-corrected chi connectivity index (χ3v) is 1.26. The van der Waals surface area contributed by atoms with Crippen LogP contribution in [0.3, 0.4) is 0 Å². The summed E-state index contributed by atoms with van der Waals surface area (Å²) in [5, 5.41) is 8.40. The smallest absolute Gasteiger partial charge is 0.335 e. The van der Waals surface area contributed by atoms with Gasteiger partial charge in [0.1, 0.15) is 20.2 Å². The van der Waals surface area contributed by atoms with Gasteiger partial charge in [0.25, 0.3) is 0 Å². The molecule has 15 heavy (non-hydrogen) atoms. The molecule has 0 saturated carbocycles. The van der Waals surface area contributed by atoms with Gasteiger partial charge in [-0.1, -0.05) is 6.58 Å². The van der Waals surface area contributed by atoms with Crippen LogP contribution in [0.4, 0.5) is 0 Å². The zero-order chi connectivity index (χ0) is 11.5. The number of rotatable bonds is 9. The average molecular weight is 220 g/mol. The largest absolute Gasteiger partial charge is 0.460 e. The van der Waals surface area contributed by atoms with E-state index in [0.29, 0.717) is 0 Å². The van der Waals surface area contributed by atoms with Crippen molar-refractivity contribution in [3.63, 3.8) is 0 Å². The molecule has 0 aliphatic rings. The van der Waals surface area contributed by atoms with E-state index in [2.05, 4.69) is 16.1 Å². The van der Waals surface area contributed by atoms with E-state index in [9.17, 15) is 4.79 Å². The molecule has 0 aromatic carbocycles. The summed E-state index contributed by atoms with van der Waals surface area (Å²) in [7, 11) is 1.49. The van der Waals surface area contributed by atoms with Crippen molar-refractivity contribution in [3.05, 3.63) is 12.2 Å². The van der Waals surface area contributed by atoms with Crippen molar-refractivity contribution >= 4 is 5.97 Å². The first-order valence-corrected chi connectivity index (χ1v) is 4.32. The fraction of sp³-hybridized carbons (Fsp3) is 0.667. The lowest BCUT2D eigenvalue weighted by Crippen LogP contribution is -2.15. The van der Waals surface area contributed by atoms with Gasteiger partial charge in [0.15, 0.2) is 0 Å². The van der Waals surface area contributed by atoms with Gasteiger partial charge in [-0.2, -0.15) is 0 Å². The van der Waals surface area contributed by atoms with E-state index in [1.165, 1.54) is 7.11 Å². The summed E-state index contributed by atoms with van der Waals surface area (Å²) in [6, 6.07) is 0. The Morgan fingerprint density at radius 2 is 2.07 bits per heavy atom. The average Bonchev–Trinajstić information content (AvgIpc) is 2.25. The number of esters is 1. The van der Waals surface area contributed by atoms with Gasteiger partial charge in [0.05, 0.1) is 18.8 Å². The molecule has 0 aliphatic heterocycles. The van der Waals surface area contributed by atoms with Gasteiger partial charge in [-0.05, 0) is 0 Å². The van der Waals surface area contributed by atoms with Gasteiger partial charge in [-0.25, -0.2) is 4.79 Å². The highest BCUT2D eigenvalue weighted by Crippen LogP contribution is 1.96. The van der Waals surface area contributed by atoms with Crippen LogP contribution in [0.1, 0.15) is 0 Å². The lowest BCUT2D eigenvalue weighted by molar-refractivity contribution is -0.142. The maximum atomic E-state index is 11.0. The molecule has 0 rings (SSSR count). The van der Waals surface area contributed by atoms with Gasteiger partial charge in [0.2, 0.25) is 0 Å². The first-order valence-electron chi connectivity index (χ1n) is 4.32. The summed E-state index contributed by atoms with van der Waals surface area (Å²) in [6.45, 7) is 3.36. The van der Waals surface area contributed by atoms with Crippen molar-refractivity contribution in [3.8, 4) is 0 Å². The van der Waals surface area contributed by atoms with Crippen molar-refractivity contribution in [1.29, 1.82) is 0 Å². The van der Waals surface area contributed by atoms with Gasteiger partial charge in [0, 0.05) is 7.11 Å². The second kappa shape index (κ2) is 9.60. The third kappa shape index (κ3) is 8.07. The second-order valence-corrected chi connectivity index (χ2v) is 2.54. The zero-order valence-corrected chi connectivity index (χ0v) is 8.73. The lowest BCUT2D eigenvalue weighted by Gasteiger charge is -2.07. The van der Waals surface area contributed by atoms with E-state index in [-0.39, 0.29) is 39.0 Å². The first kappa shape index (κ1) is 14.1. The minimum atomic E-state index is -0.587. The maximum absolute atomic E-state index is 11.0. The first-order chi connectivity index (χ1) is 7.22. The fourth-order valence-corrected chi connectivity index (χ4v) is 0.640. The molecule has 0 saturated heterocycles. The Morgan fingerprint density at radius 3 is 2.67 bits per heavy atom. The van der Waals surface area contributed by atoms with Crippen molar-refractivity contribution in [2.45, 2.75) is 0 Å². The SMILES string of the molecule is C=C(COCOCOC)C(=O)OCCO. The Kier molecular flexibility index (Phi) is 8.99. The molecule has 0 aliphatic carbocycles. The highest BCUT2D eigenvalue weighted by molar-refractivity contribution is 5.87. The van der Waals surface area contributed by atoms with Crippen LogP contribution in [-0.2, 0) is 23.7 Å². The Bertz CT molecular complexity index is 191. The number of carbonyl (C=O) groups is 1. The van der Waals surface area contributed by atoms with E-state index in [4.69, 9.17) is 14.6 Å². The molecular weight excluding hydrogens is 204 g/mol. The molecule has 0 amide bonds. The standard InChI is InChI=1S/C9H16O6/c1-8(9(11)15-4-3-10)5-13-7-14-6-12-2/h10H,1,3-7H2,2H3. The Hall–Kier alpha value is -0.950. The number of methoxy groups -OCH3 is 1. The van der Waals surface area contributed by atoms with Gasteiger partial charge >= 0.3 is 5.97 Å². The van der Waals surface area contributed by atoms with E-state index >= 15 is 0 Å². The van der Waals surface area contributed by atoms with Crippen molar-refractivity contribution in [1.82, 2.24) is 0 Å². The number of hydrogen-bond donors (Lipinski definition) is 1. The molecule has 0 atom stereocenters. The van der Waals surface area contributed by atoms with Gasteiger partial charge in [-0.15, -0.1) is 0 Å². The quantitative estimate of drug-likeness (QED) is 0.248. The Balaban J connectivity index is 3.43. The second-order valence-electron chi connectivity index (χ2n) is 2.54. The van der Waals surface area contributed by atoms with Crippen LogP contribution in [0.5, 0.6) is 0 Å². The van der Waals surface area contributed by atoms with Crippen molar-refractivity contribution in [2.24, 2.45) is 0 Å². The van der Waals surface area contributed by atoms with E-state index in [0.717, 1.165) is 0 Å². The normalized spacial score (nSPS) is 10.0. The number of carbonyl (C=O) groups excluding carboxylic acids is 1. The molecule has 0 radical (unpaired) electrons. The monoisotopic (exact) mass is 220 g/mol. The number of hydrogen-bond acceptors (Lipinski definition) is 6. The van der Waals surface area contributed by atoms with Crippen LogP contribution in [0.2, 0.25) is 0 Å². The summed E-state index contributed by atoms with van der Waals surface area (Å²) in [4.78, 5) is 11.0. The molecule has 0 unspecified atom stereocenters. The summed E-state index contributed by atoms with van der Waals surface area (Å²) in [5.41, 5.74) is 0.171. The molecule has 88 valence electrons. The van der Waals surface area contributed by atoms with Crippen LogP contribution in [0, 0.1) is 0 Å². The topological polar surface area (TPSA) is 74.2 Å². The van der Waals surface area contributed by atoms with Crippen LogP contribution >= 0.6 is 0 Å². The number of ether oxygens (including phenoxy) is 4. The molecule has 0 fully saturated rings. The molecule has 1 N–H and O–H groups in total. The maximum Gasteiger partial charge on any atom is 0.335 e. The minimum absolute atomic E-state index is 0.0140. The zero-order valence-electron chi connectivity index (χ0n) is 8.73. The van der Waals surface area contributed by atoms with Crippen LogP contribution in [-0.4, -0.2) is 51.6 Å². The molecule has 0 heterocycles. The van der Waals surface area contributed by atoms with Gasteiger partial charge in [-0.3, -0.25) is 0 Å². The summed E-state index contributed by atoms with van der Waals surface area (Å²) >= 11 is 0. The highest BCUT2D eigenvalue weighted by atomic mass is 16.7. The molecule has 6 nitrogen and oxygen atoms in total. The van der Waals surface area contributed by atoms with Crippen molar-refractivity contribution in [2.75, 3.05) is 40.5 Å². The molecule has 0 spiro atoms. The molecule has 0 aromatic heterocycles. The summed E-state index contributed by atoms with van der Waals surface area (Å²) < 4.78 is 19.0. The molecular formula is C9H16O6. The minimum Gasteiger partial charge on any atom is -0.460 e. The van der Waals surface area contributed by atoms with E-state index < -0.39 is 5.97 Å². The summed E-state index contributed by atoms with van der Waals surface area (Å²) in [5.74, 6) is -0.587. The molecule has 0 aromatic rings. The summed E-state index contributed by atoms with van der Waals surface area (Å²) in [6.07, 6.45) is 0. The van der Waals surface area contributed by atoms with Crippen LogP contribution in [0.25, 0.3) is 0 Å². The van der Waals surface area contributed by atoms with Crippen LogP contribution < -0.4 is 0 Å². The molecule has 6 heteroatoms. The Labute approximate surface area is 88.4 Å². The fourth-order valence-electron chi connectivity index (χ4n) is 0.640. The van der Waals surface area contributed by atoms with E-state index in [1.54, 1.807) is 0 Å². The number of aliphatic hydroxyl groups is 1. The highest BCUT2D eigenvalue weighted by Gasteiger charge is 2.07. The lowest BCUT2D eigenvalue weighted by atomic mass is 10.3.